The SMILES string of the molecule is CC(C)(C)OC(=O)Nc1cc2c3c(cccc3c1)C(=O)OC2=O. The van der Waals surface area contributed by atoms with Crippen molar-refractivity contribution in [3.8, 4) is 0 Å². The van der Waals surface area contributed by atoms with Gasteiger partial charge in [0.15, 0.2) is 0 Å². The van der Waals surface area contributed by atoms with Crippen LogP contribution in [0.4, 0.5) is 10.5 Å². The number of esters is 2. The number of rotatable bonds is 1. The Balaban J connectivity index is 2.04. The van der Waals surface area contributed by atoms with Crippen molar-refractivity contribution in [2.75, 3.05) is 5.32 Å². The number of carbonyl (C=O) groups excluding carboxylic acids is 3. The average Bonchev–Trinajstić information content (AvgIpc) is 2.42. The van der Waals surface area contributed by atoms with Gasteiger partial charge in [-0.25, -0.2) is 14.4 Å². The Labute approximate surface area is 132 Å². The minimum absolute atomic E-state index is 0.240. The molecule has 2 aromatic carbocycles. The molecule has 1 aliphatic rings. The molecule has 6 heteroatoms. The average molecular weight is 313 g/mol. The van der Waals surface area contributed by atoms with Crippen molar-refractivity contribution in [2.24, 2.45) is 0 Å². The number of cyclic esters (lactones) is 2. The molecule has 0 bridgehead atoms. The maximum Gasteiger partial charge on any atom is 0.412 e. The highest BCUT2D eigenvalue weighted by atomic mass is 16.6. The molecule has 0 saturated carbocycles. The van der Waals surface area contributed by atoms with Crippen LogP contribution in [0.1, 0.15) is 41.5 Å². The van der Waals surface area contributed by atoms with Gasteiger partial charge in [-0.05, 0) is 44.4 Å². The van der Waals surface area contributed by atoms with Gasteiger partial charge in [-0.1, -0.05) is 12.1 Å². The Morgan fingerprint density at radius 3 is 2.48 bits per heavy atom. The largest absolute Gasteiger partial charge is 0.444 e. The quantitative estimate of drug-likeness (QED) is 0.643. The lowest BCUT2D eigenvalue weighted by Crippen LogP contribution is -2.27. The van der Waals surface area contributed by atoms with Crippen molar-refractivity contribution in [1.29, 1.82) is 0 Å². The minimum atomic E-state index is -0.730. The van der Waals surface area contributed by atoms with Gasteiger partial charge in [0.1, 0.15) is 5.60 Å². The molecule has 0 fully saturated rings. The van der Waals surface area contributed by atoms with Gasteiger partial charge in [0, 0.05) is 11.1 Å². The standard InChI is InChI=1S/C17H15NO5/c1-17(2,3)23-16(21)18-10-7-9-5-4-6-11-13(9)12(8-10)15(20)22-14(11)19/h4-8H,1-3H3,(H,18,21). The van der Waals surface area contributed by atoms with Crippen LogP contribution in [-0.2, 0) is 9.47 Å². The first-order valence-corrected chi connectivity index (χ1v) is 7.08. The van der Waals surface area contributed by atoms with E-state index in [9.17, 15) is 14.4 Å². The predicted octanol–water partition coefficient (Wildman–Crippen LogP) is 3.50. The Morgan fingerprint density at radius 1 is 1.09 bits per heavy atom. The van der Waals surface area contributed by atoms with Crippen LogP contribution in [0, 0.1) is 0 Å². The molecule has 0 spiro atoms. The summed E-state index contributed by atoms with van der Waals surface area (Å²) < 4.78 is 9.91. The molecule has 1 N–H and O–H groups in total. The van der Waals surface area contributed by atoms with Gasteiger partial charge in [-0.15, -0.1) is 0 Å². The van der Waals surface area contributed by atoms with E-state index in [0.717, 1.165) is 0 Å². The van der Waals surface area contributed by atoms with Crippen molar-refractivity contribution in [2.45, 2.75) is 26.4 Å². The zero-order valence-electron chi connectivity index (χ0n) is 12.9. The molecule has 1 aliphatic heterocycles. The predicted molar refractivity (Wildman–Crippen MR) is 83.6 cm³/mol. The summed E-state index contributed by atoms with van der Waals surface area (Å²) in [6.07, 6.45) is -0.625. The van der Waals surface area contributed by atoms with Gasteiger partial charge in [0.2, 0.25) is 0 Å². The Hall–Kier alpha value is -2.89. The highest BCUT2D eigenvalue weighted by Gasteiger charge is 2.28. The fourth-order valence-corrected chi connectivity index (χ4v) is 2.45. The second-order valence-electron chi connectivity index (χ2n) is 6.23. The molecule has 1 heterocycles. The van der Waals surface area contributed by atoms with Crippen LogP contribution in [0.3, 0.4) is 0 Å². The van der Waals surface area contributed by atoms with Crippen molar-refractivity contribution in [1.82, 2.24) is 0 Å². The third-order valence-electron chi connectivity index (χ3n) is 3.25. The first-order valence-electron chi connectivity index (χ1n) is 7.08. The molecule has 0 saturated heterocycles. The minimum Gasteiger partial charge on any atom is -0.444 e. The van der Waals surface area contributed by atoms with Crippen molar-refractivity contribution in [3.63, 3.8) is 0 Å². The maximum absolute atomic E-state index is 12.0. The highest BCUT2D eigenvalue weighted by Crippen LogP contribution is 2.31. The molecule has 1 amide bonds. The number of ether oxygens (including phenoxy) is 2. The molecule has 0 aliphatic carbocycles. The summed E-state index contributed by atoms with van der Waals surface area (Å²) in [7, 11) is 0. The van der Waals surface area contributed by atoms with E-state index in [0.29, 0.717) is 22.0 Å². The first-order chi connectivity index (χ1) is 10.7. The molecule has 23 heavy (non-hydrogen) atoms. The molecule has 3 rings (SSSR count). The second-order valence-corrected chi connectivity index (χ2v) is 6.23. The number of carbonyl (C=O) groups is 3. The van der Waals surface area contributed by atoms with Crippen LogP contribution in [-0.4, -0.2) is 23.6 Å². The molecular formula is C17H15NO5. The van der Waals surface area contributed by atoms with E-state index in [1.165, 1.54) is 6.07 Å². The summed E-state index contributed by atoms with van der Waals surface area (Å²) in [6.45, 7) is 5.27. The summed E-state index contributed by atoms with van der Waals surface area (Å²) in [5, 5.41) is 3.78. The fraction of sp³-hybridized carbons (Fsp3) is 0.235. The van der Waals surface area contributed by atoms with E-state index in [1.54, 1.807) is 45.0 Å². The third kappa shape index (κ3) is 2.88. The molecule has 118 valence electrons. The van der Waals surface area contributed by atoms with Gasteiger partial charge in [-0.2, -0.15) is 0 Å². The van der Waals surface area contributed by atoms with Crippen LogP contribution < -0.4 is 5.32 Å². The monoisotopic (exact) mass is 313 g/mol. The van der Waals surface area contributed by atoms with Crippen molar-refractivity contribution >= 4 is 34.5 Å². The molecule has 6 nitrogen and oxygen atoms in total. The van der Waals surface area contributed by atoms with Crippen LogP contribution >= 0.6 is 0 Å². The van der Waals surface area contributed by atoms with E-state index in [2.05, 4.69) is 5.32 Å². The summed E-state index contributed by atoms with van der Waals surface area (Å²) >= 11 is 0. The first kappa shape index (κ1) is 15.0. The number of hydrogen-bond donors (Lipinski definition) is 1. The number of anilines is 1. The van der Waals surface area contributed by atoms with Gasteiger partial charge in [0.25, 0.3) is 0 Å². The van der Waals surface area contributed by atoms with Gasteiger partial charge in [-0.3, -0.25) is 5.32 Å². The second kappa shape index (κ2) is 5.08. The van der Waals surface area contributed by atoms with Crippen molar-refractivity contribution < 1.29 is 23.9 Å². The third-order valence-corrected chi connectivity index (χ3v) is 3.25. The number of hydrogen-bond acceptors (Lipinski definition) is 5. The van der Waals surface area contributed by atoms with E-state index in [1.807, 2.05) is 0 Å². The maximum atomic E-state index is 12.0. The number of nitrogens with one attached hydrogen (secondary N) is 1. The Morgan fingerprint density at radius 2 is 1.78 bits per heavy atom. The molecule has 0 unspecified atom stereocenters. The Kier molecular flexibility index (Phi) is 3.32. The molecule has 0 atom stereocenters. The lowest BCUT2D eigenvalue weighted by atomic mass is 9.96. The lowest BCUT2D eigenvalue weighted by molar-refractivity contribution is 0.0390. The van der Waals surface area contributed by atoms with Crippen LogP contribution in [0.5, 0.6) is 0 Å². The fourth-order valence-electron chi connectivity index (χ4n) is 2.45. The summed E-state index contributed by atoms with van der Waals surface area (Å²) in [4.78, 5) is 35.6. The van der Waals surface area contributed by atoms with Crippen LogP contribution in [0.2, 0.25) is 0 Å². The number of benzene rings is 2. The van der Waals surface area contributed by atoms with E-state index < -0.39 is 23.6 Å². The van der Waals surface area contributed by atoms with E-state index in [-0.39, 0.29) is 5.56 Å². The Bertz CT molecular complexity index is 848. The van der Waals surface area contributed by atoms with E-state index in [4.69, 9.17) is 9.47 Å². The smallest absolute Gasteiger partial charge is 0.412 e. The zero-order chi connectivity index (χ0) is 16.8. The van der Waals surface area contributed by atoms with Gasteiger partial charge >= 0.3 is 18.0 Å². The highest BCUT2D eigenvalue weighted by molar-refractivity contribution is 6.21. The van der Waals surface area contributed by atoms with Crippen LogP contribution in [0.15, 0.2) is 30.3 Å². The summed E-state index contributed by atoms with van der Waals surface area (Å²) in [6, 6.07) is 8.20. The topological polar surface area (TPSA) is 81.7 Å². The van der Waals surface area contributed by atoms with Gasteiger partial charge < -0.3 is 9.47 Å². The summed E-state index contributed by atoms with van der Waals surface area (Å²) in [5.41, 5.74) is 0.336. The molecule has 0 radical (unpaired) electrons. The van der Waals surface area contributed by atoms with Crippen LogP contribution in [0.25, 0.3) is 10.8 Å². The molecule has 2 aromatic rings. The van der Waals surface area contributed by atoms with Crippen molar-refractivity contribution in [3.05, 3.63) is 41.5 Å². The van der Waals surface area contributed by atoms with Gasteiger partial charge in [0.05, 0.1) is 11.1 Å². The zero-order valence-corrected chi connectivity index (χ0v) is 12.9. The summed E-state index contributed by atoms with van der Waals surface area (Å²) in [5.74, 6) is -1.40. The molecule has 0 aromatic heterocycles. The normalized spacial score (nSPS) is 13.7. The van der Waals surface area contributed by atoms with E-state index >= 15 is 0 Å². The molecular weight excluding hydrogens is 298 g/mol. The lowest BCUT2D eigenvalue weighted by Gasteiger charge is -2.20. The number of amides is 1.